The number of nitrogens with zero attached hydrogens (tertiary/aromatic N) is 2. The third kappa shape index (κ3) is 3.76. The van der Waals surface area contributed by atoms with E-state index in [0.29, 0.717) is 48.9 Å². The van der Waals surface area contributed by atoms with E-state index in [1.165, 1.54) is 23.5 Å². The largest absolute Gasteiger partial charge is 0.416 e. The highest BCUT2D eigenvalue weighted by atomic mass is 32.1. The Balaban J connectivity index is 1.79. The van der Waals surface area contributed by atoms with Crippen LogP contribution in [0.5, 0.6) is 0 Å². The minimum Gasteiger partial charge on any atom is -0.378 e. The molecule has 1 aromatic heterocycles. The fourth-order valence-corrected chi connectivity index (χ4v) is 3.41. The molecule has 2 aromatic rings. The van der Waals surface area contributed by atoms with Crippen molar-refractivity contribution in [2.75, 3.05) is 31.2 Å². The molecular formula is C16H15F3N2O2S. The molecule has 0 saturated carbocycles. The number of halogens is 3. The van der Waals surface area contributed by atoms with Gasteiger partial charge in [0, 0.05) is 19.5 Å². The number of hydrogen-bond acceptors (Lipinski definition) is 5. The van der Waals surface area contributed by atoms with Crippen LogP contribution in [0.15, 0.2) is 24.3 Å². The number of aromatic nitrogens is 1. The molecule has 8 heteroatoms. The highest BCUT2D eigenvalue weighted by molar-refractivity contribution is 7.17. The second-order valence-electron chi connectivity index (χ2n) is 5.40. The van der Waals surface area contributed by atoms with Crippen LogP contribution < -0.4 is 4.90 Å². The highest BCUT2D eigenvalue weighted by Crippen LogP contribution is 2.30. The van der Waals surface area contributed by atoms with Gasteiger partial charge in [0.05, 0.1) is 29.3 Å². The van der Waals surface area contributed by atoms with Crippen molar-refractivity contribution < 1.29 is 22.7 Å². The summed E-state index contributed by atoms with van der Waals surface area (Å²) in [5.41, 5.74) is 0.593. The second-order valence-corrected chi connectivity index (χ2v) is 6.41. The lowest BCUT2D eigenvalue weighted by Crippen LogP contribution is -2.36. The summed E-state index contributed by atoms with van der Waals surface area (Å²) in [6.45, 7) is 2.66. The van der Waals surface area contributed by atoms with Crippen LogP contribution in [0.1, 0.15) is 26.5 Å². The second kappa shape index (κ2) is 6.90. The van der Waals surface area contributed by atoms with E-state index in [-0.39, 0.29) is 0 Å². The van der Waals surface area contributed by atoms with Gasteiger partial charge in [-0.2, -0.15) is 13.2 Å². The molecule has 4 nitrogen and oxygen atoms in total. The monoisotopic (exact) mass is 356 g/mol. The normalized spacial score (nSPS) is 15.5. The minimum absolute atomic E-state index is 0.326. The predicted molar refractivity (Wildman–Crippen MR) is 84.8 cm³/mol. The number of carbonyl (C=O) groups excluding carboxylic acids is 1. The number of aldehydes is 1. The standard InChI is InChI=1S/C16H15F3N2O2S/c17-16(18,19)12-3-1-11(2-4-12)9-13-14(10-22)24-15(20-13)21-5-7-23-8-6-21/h1-4,10H,5-9H2. The Morgan fingerprint density at radius 3 is 2.46 bits per heavy atom. The molecule has 2 heterocycles. The van der Waals surface area contributed by atoms with Gasteiger partial charge in [0.2, 0.25) is 0 Å². The van der Waals surface area contributed by atoms with E-state index < -0.39 is 11.7 Å². The molecule has 1 aliphatic rings. The molecule has 0 atom stereocenters. The Morgan fingerprint density at radius 1 is 1.21 bits per heavy atom. The van der Waals surface area contributed by atoms with Crippen LogP contribution in [0.25, 0.3) is 0 Å². The summed E-state index contributed by atoms with van der Waals surface area (Å²) in [4.78, 5) is 18.3. The van der Waals surface area contributed by atoms with Crippen LogP contribution in [-0.2, 0) is 17.3 Å². The first-order chi connectivity index (χ1) is 11.5. The Bertz CT molecular complexity index is 707. The summed E-state index contributed by atoms with van der Waals surface area (Å²) in [6, 6.07) is 4.94. The Hall–Kier alpha value is -1.93. The molecule has 0 unspecified atom stereocenters. The molecular weight excluding hydrogens is 341 g/mol. The molecule has 0 radical (unpaired) electrons. The SMILES string of the molecule is O=Cc1sc(N2CCOCC2)nc1Cc1ccc(C(F)(F)F)cc1. The van der Waals surface area contributed by atoms with Crippen LogP contribution >= 0.6 is 11.3 Å². The van der Waals surface area contributed by atoms with Gasteiger partial charge in [-0.15, -0.1) is 0 Å². The third-order valence-corrected chi connectivity index (χ3v) is 4.84. The summed E-state index contributed by atoms with van der Waals surface area (Å²) in [7, 11) is 0. The predicted octanol–water partition coefficient (Wildman–Crippen LogP) is 3.40. The molecule has 0 amide bonds. The van der Waals surface area contributed by atoms with Crippen molar-refractivity contribution in [2.24, 2.45) is 0 Å². The first-order valence-electron chi connectivity index (χ1n) is 7.41. The van der Waals surface area contributed by atoms with E-state index in [4.69, 9.17) is 4.74 Å². The molecule has 0 aliphatic carbocycles. The molecule has 24 heavy (non-hydrogen) atoms. The van der Waals surface area contributed by atoms with Crippen molar-refractivity contribution in [3.63, 3.8) is 0 Å². The summed E-state index contributed by atoms with van der Waals surface area (Å²) >= 11 is 1.30. The number of hydrogen-bond donors (Lipinski definition) is 0. The maximum atomic E-state index is 12.6. The van der Waals surface area contributed by atoms with Crippen molar-refractivity contribution >= 4 is 22.8 Å². The minimum atomic E-state index is -4.35. The quantitative estimate of drug-likeness (QED) is 0.788. The van der Waals surface area contributed by atoms with E-state index in [2.05, 4.69) is 9.88 Å². The van der Waals surface area contributed by atoms with Crippen molar-refractivity contribution in [2.45, 2.75) is 12.6 Å². The highest BCUT2D eigenvalue weighted by Gasteiger charge is 2.30. The van der Waals surface area contributed by atoms with Gasteiger partial charge in [-0.1, -0.05) is 23.5 Å². The lowest BCUT2D eigenvalue weighted by atomic mass is 10.1. The number of alkyl halides is 3. The number of ether oxygens (including phenoxy) is 1. The molecule has 1 saturated heterocycles. The van der Waals surface area contributed by atoms with Gasteiger partial charge in [0.25, 0.3) is 0 Å². The number of anilines is 1. The van der Waals surface area contributed by atoms with E-state index in [9.17, 15) is 18.0 Å². The lowest BCUT2D eigenvalue weighted by molar-refractivity contribution is -0.137. The Morgan fingerprint density at radius 2 is 1.88 bits per heavy atom. The van der Waals surface area contributed by atoms with E-state index in [1.807, 2.05) is 0 Å². The van der Waals surface area contributed by atoms with Gasteiger partial charge in [-0.05, 0) is 17.7 Å². The van der Waals surface area contributed by atoms with Crippen molar-refractivity contribution in [1.29, 1.82) is 0 Å². The van der Waals surface area contributed by atoms with Gasteiger partial charge in [0.1, 0.15) is 0 Å². The summed E-state index contributed by atoms with van der Waals surface area (Å²) < 4.78 is 43.1. The van der Waals surface area contributed by atoms with Crippen LogP contribution in [0, 0.1) is 0 Å². The summed E-state index contributed by atoms with van der Waals surface area (Å²) in [5, 5.41) is 0.752. The molecule has 0 N–H and O–H groups in total. The molecule has 1 aromatic carbocycles. The average molecular weight is 356 g/mol. The zero-order chi connectivity index (χ0) is 17.2. The van der Waals surface area contributed by atoms with Gasteiger partial charge < -0.3 is 9.64 Å². The molecule has 0 bridgehead atoms. The number of benzene rings is 1. The zero-order valence-electron chi connectivity index (χ0n) is 12.7. The zero-order valence-corrected chi connectivity index (χ0v) is 13.5. The van der Waals surface area contributed by atoms with E-state index in [0.717, 1.165) is 23.6 Å². The van der Waals surface area contributed by atoms with Gasteiger partial charge in [-0.3, -0.25) is 4.79 Å². The first kappa shape index (κ1) is 16.9. The number of thiazole rings is 1. The van der Waals surface area contributed by atoms with Gasteiger partial charge in [0.15, 0.2) is 11.4 Å². The van der Waals surface area contributed by atoms with E-state index >= 15 is 0 Å². The smallest absolute Gasteiger partial charge is 0.378 e. The van der Waals surface area contributed by atoms with Crippen molar-refractivity contribution in [3.8, 4) is 0 Å². The average Bonchev–Trinajstić information content (AvgIpc) is 2.98. The van der Waals surface area contributed by atoms with Crippen LogP contribution in [0.2, 0.25) is 0 Å². The lowest BCUT2D eigenvalue weighted by Gasteiger charge is -2.26. The Kier molecular flexibility index (Phi) is 4.86. The van der Waals surface area contributed by atoms with Crippen LogP contribution in [0.3, 0.4) is 0 Å². The van der Waals surface area contributed by atoms with Crippen LogP contribution in [0.4, 0.5) is 18.3 Å². The van der Waals surface area contributed by atoms with Gasteiger partial charge in [-0.25, -0.2) is 4.98 Å². The fraction of sp³-hybridized carbons (Fsp3) is 0.375. The summed E-state index contributed by atoms with van der Waals surface area (Å²) in [5.74, 6) is 0. The van der Waals surface area contributed by atoms with Crippen LogP contribution in [-0.4, -0.2) is 37.6 Å². The number of rotatable bonds is 4. The van der Waals surface area contributed by atoms with Gasteiger partial charge >= 0.3 is 6.18 Å². The van der Waals surface area contributed by atoms with Crippen molar-refractivity contribution in [1.82, 2.24) is 4.98 Å². The first-order valence-corrected chi connectivity index (χ1v) is 8.23. The molecule has 128 valence electrons. The maximum absolute atomic E-state index is 12.6. The topological polar surface area (TPSA) is 42.4 Å². The molecule has 1 aliphatic heterocycles. The van der Waals surface area contributed by atoms with Crippen molar-refractivity contribution in [3.05, 3.63) is 46.0 Å². The number of carbonyl (C=O) groups is 1. The summed E-state index contributed by atoms with van der Waals surface area (Å²) in [6.07, 6.45) is -3.27. The number of morpholine rings is 1. The van der Waals surface area contributed by atoms with E-state index in [1.54, 1.807) is 0 Å². The maximum Gasteiger partial charge on any atom is 0.416 e. The third-order valence-electron chi connectivity index (χ3n) is 3.76. The molecule has 0 spiro atoms. The fourth-order valence-electron chi connectivity index (χ4n) is 2.46. The Labute approximate surface area is 140 Å². The molecule has 3 rings (SSSR count). The molecule has 1 fully saturated rings.